The summed E-state index contributed by atoms with van der Waals surface area (Å²) < 4.78 is 12.9. The van der Waals surface area contributed by atoms with Crippen molar-refractivity contribution in [1.29, 1.82) is 0 Å². The lowest BCUT2D eigenvalue weighted by Crippen LogP contribution is -2.25. The van der Waals surface area contributed by atoms with E-state index < -0.39 is 5.97 Å². The number of nitrogens with zero attached hydrogens (tertiary/aromatic N) is 1. The highest BCUT2D eigenvalue weighted by Gasteiger charge is 2.16. The first-order valence-electron chi connectivity index (χ1n) is 6.20. The van der Waals surface area contributed by atoms with Gasteiger partial charge in [-0.1, -0.05) is 0 Å². The van der Waals surface area contributed by atoms with Gasteiger partial charge in [0.25, 0.3) is 5.91 Å². The van der Waals surface area contributed by atoms with Crippen LogP contribution in [0.2, 0.25) is 0 Å². The molecule has 1 heterocycles. The summed E-state index contributed by atoms with van der Waals surface area (Å²) in [6.07, 6.45) is -0.131. The molecule has 0 saturated heterocycles. The standard InChI is InChI=1S/C14H13FN2O3S/c1-8-12(13(20)16-7-6-11(18)19)21-14(17-8)9-2-4-10(15)5-3-9/h2-5H,6-7H2,1H3,(H,16,20)(H,18,19). The smallest absolute Gasteiger partial charge is 0.305 e. The van der Waals surface area contributed by atoms with Crippen molar-refractivity contribution in [3.05, 3.63) is 40.7 Å². The van der Waals surface area contributed by atoms with Crippen LogP contribution in [0.1, 0.15) is 21.8 Å². The first-order chi connectivity index (χ1) is 9.97. The maximum atomic E-state index is 12.9. The third-order valence-electron chi connectivity index (χ3n) is 2.72. The molecule has 2 N–H and O–H groups in total. The van der Waals surface area contributed by atoms with Crippen molar-refractivity contribution in [2.45, 2.75) is 13.3 Å². The maximum Gasteiger partial charge on any atom is 0.305 e. The second-order valence-corrected chi connectivity index (χ2v) is 5.34. The number of aromatic nitrogens is 1. The van der Waals surface area contributed by atoms with E-state index in [9.17, 15) is 14.0 Å². The summed E-state index contributed by atoms with van der Waals surface area (Å²) in [5, 5.41) is 11.7. The molecule has 1 aromatic carbocycles. The van der Waals surface area contributed by atoms with Gasteiger partial charge in [-0.25, -0.2) is 9.37 Å². The van der Waals surface area contributed by atoms with Crippen molar-refractivity contribution >= 4 is 23.2 Å². The summed E-state index contributed by atoms with van der Waals surface area (Å²) in [5.41, 5.74) is 1.29. The van der Waals surface area contributed by atoms with Gasteiger partial charge in [0.2, 0.25) is 0 Å². The third kappa shape index (κ3) is 3.85. The molecule has 2 aromatic rings. The monoisotopic (exact) mass is 308 g/mol. The summed E-state index contributed by atoms with van der Waals surface area (Å²) in [7, 11) is 0. The quantitative estimate of drug-likeness (QED) is 0.889. The van der Waals surface area contributed by atoms with Crippen LogP contribution in [-0.2, 0) is 4.79 Å². The van der Waals surface area contributed by atoms with E-state index in [4.69, 9.17) is 5.11 Å². The number of rotatable bonds is 5. The minimum absolute atomic E-state index is 0.0669. The molecule has 0 atom stereocenters. The maximum absolute atomic E-state index is 12.9. The van der Waals surface area contributed by atoms with E-state index in [1.807, 2.05) is 0 Å². The Bertz CT molecular complexity index is 667. The van der Waals surface area contributed by atoms with Gasteiger partial charge in [-0.15, -0.1) is 11.3 Å². The van der Waals surface area contributed by atoms with Gasteiger partial charge in [0.05, 0.1) is 12.1 Å². The molecule has 2 rings (SSSR count). The summed E-state index contributed by atoms with van der Waals surface area (Å²) in [6.45, 7) is 1.77. The molecule has 7 heteroatoms. The largest absolute Gasteiger partial charge is 0.481 e. The fraction of sp³-hybridized carbons (Fsp3) is 0.214. The molecule has 0 spiro atoms. The first kappa shape index (κ1) is 15.1. The molecule has 0 aliphatic carbocycles. The average molecular weight is 308 g/mol. The van der Waals surface area contributed by atoms with Crippen LogP contribution in [-0.4, -0.2) is 28.5 Å². The van der Waals surface area contributed by atoms with Crippen LogP contribution < -0.4 is 5.32 Å². The average Bonchev–Trinajstić information content (AvgIpc) is 2.81. The molecular formula is C14H13FN2O3S. The highest BCUT2D eigenvalue weighted by atomic mass is 32.1. The number of carbonyl (C=O) groups is 2. The molecule has 0 aliphatic heterocycles. The van der Waals surface area contributed by atoms with Crippen molar-refractivity contribution < 1.29 is 19.1 Å². The van der Waals surface area contributed by atoms with Crippen molar-refractivity contribution in [2.75, 3.05) is 6.54 Å². The molecule has 0 bridgehead atoms. The molecule has 0 aliphatic rings. The fourth-order valence-corrected chi connectivity index (χ4v) is 2.67. The predicted molar refractivity (Wildman–Crippen MR) is 76.8 cm³/mol. The van der Waals surface area contributed by atoms with E-state index in [1.54, 1.807) is 19.1 Å². The third-order valence-corrected chi connectivity index (χ3v) is 3.92. The Morgan fingerprint density at radius 1 is 1.33 bits per heavy atom. The Kier molecular flexibility index (Phi) is 4.64. The molecule has 110 valence electrons. The van der Waals surface area contributed by atoms with Crippen molar-refractivity contribution in [1.82, 2.24) is 10.3 Å². The zero-order valence-electron chi connectivity index (χ0n) is 11.2. The molecule has 0 unspecified atom stereocenters. The van der Waals surface area contributed by atoms with Crippen molar-refractivity contribution in [3.63, 3.8) is 0 Å². The number of carboxylic acid groups (broad SMARTS) is 1. The number of aryl methyl sites for hydroxylation is 1. The second-order valence-electron chi connectivity index (χ2n) is 4.34. The van der Waals surface area contributed by atoms with Crippen LogP contribution in [0.5, 0.6) is 0 Å². The second kappa shape index (κ2) is 6.45. The van der Waals surface area contributed by atoms with E-state index in [0.717, 1.165) is 5.56 Å². The molecular weight excluding hydrogens is 295 g/mol. The minimum Gasteiger partial charge on any atom is -0.481 e. The Labute approximate surface area is 124 Å². The predicted octanol–water partition coefficient (Wildman–Crippen LogP) is 2.46. The van der Waals surface area contributed by atoms with E-state index in [0.29, 0.717) is 15.6 Å². The molecule has 0 fully saturated rings. The van der Waals surface area contributed by atoms with E-state index in [-0.39, 0.29) is 24.7 Å². The SMILES string of the molecule is Cc1nc(-c2ccc(F)cc2)sc1C(=O)NCCC(=O)O. The Balaban J connectivity index is 2.13. The minimum atomic E-state index is -0.969. The van der Waals surface area contributed by atoms with Crippen LogP contribution >= 0.6 is 11.3 Å². The van der Waals surface area contributed by atoms with Crippen LogP contribution in [0, 0.1) is 12.7 Å². The number of aliphatic carboxylic acids is 1. The van der Waals surface area contributed by atoms with Gasteiger partial charge in [0, 0.05) is 12.1 Å². The van der Waals surface area contributed by atoms with Gasteiger partial charge in [0.1, 0.15) is 15.7 Å². The topological polar surface area (TPSA) is 79.3 Å². The lowest BCUT2D eigenvalue weighted by atomic mass is 10.2. The summed E-state index contributed by atoms with van der Waals surface area (Å²) in [6, 6.07) is 5.86. The molecule has 1 aromatic heterocycles. The number of halogens is 1. The van der Waals surface area contributed by atoms with Gasteiger partial charge < -0.3 is 10.4 Å². The Hall–Kier alpha value is -2.28. The molecule has 5 nitrogen and oxygen atoms in total. The van der Waals surface area contributed by atoms with Crippen molar-refractivity contribution in [3.8, 4) is 10.6 Å². The van der Waals surface area contributed by atoms with Gasteiger partial charge in [-0.05, 0) is 31.2 Å². The highest BCUT2D eigenvalue weighted by molar-refractivity contribution is 7.17. The van der Waals surface area contributed by atoms with Crippen LogP contribution in [0.3, 0.4) is 0 Å². The van der Waals surface area contributed by atoms with Gasteiger partial charge in [-0.3, -0.25) is 9.59 Å². The number of amides is 1. The van der Waals surface area contributed by atoms with Crippen LogP contribution in [0.15, 0.2) is 24.3 Å². The summed E-state index contributed by atoms with van der Waals surface area (Å²) in [5.74, 6) is -1.65. The molecule has 21 heavy (non-hydrogen) atoms. The number of carbonyl (C=O) groups excluding carboxylic acids is 1. The Morgan fingerprint density at radius 2 is 2.00 bits per heavy atom. The van der Waals surface area contributed by atoms with Crippen LogP contribution in [0.4, 0.5) is 4.39 Å². The molecule has 0 radical (unpaired) electrons. The summed E-state index contributed by atoms with van der Waals surface area (Å²) >= 11 is 1.19. The van der Waals surface area contributed by atoms with Crippen molar-refractivity contribution in [2.24, 2.45) is 0 Å². The zero-order valence-corrected chi connectivity index (χ0v) is 12.0. The number of hydrogen-bond donors (Lipinski definition) is 2. The molecule has 1 amide bonds. The van der Waals surface area contributed by atoms with Gasteiger partial charge >= 0.3 is 5.97 Å². The van der Waals surface area contributed by atoms with E-state index in [2.05, 4.69) is 10.3 Å². The van der Waals surface area contributed by atoms with E-state index in [1.165, 1.54) is 23.5 Å². The first-order valence-corrected chi connectivity index (χ1v) is 7.02. The molecule has 0 saturated carbocycles. The fourth-order valence-electron chi connectivity index (χ4n) is 1.69. The summed E-state index contributed by atoms with van der Waals surface area (Å²) in [4.78, 5) is 27.1. The Morgan fingerprint density at radius 3 is 2.62 bits per heavy atom. The normalized spacial score (nSPS) is 10.4. The lowest BCUT2D eigenvalue weighted by molar-refractivity contribution is -0.136. The number of hydrogen-bond acceptors (Lipinski definition) is 4. The van der Waals surface area contributed by atoms with Gasteiger partial charge in [0.15, 0.2) is 0 Å². The zero-order chi connectivity index (χ0) is 15.4. The number of carboxylic acids is 1. The number of benzene rings is 1. The number of thiazole rings is 1. The lowest BCUT2D eigenvalue weighted by Gasteiger charge is -2.01. The number of nitrogens with one attached hydrogen (secondary N) is 1. The van der Waals surface area contributed by atoms with Crippen LogP contribution in [0.25, 0.3) is 10.6 Å². The highest BCUT2D eigenvalue weighted by Crippen LogP contribution is 2.27. The van der Waals surface area contributed by atoms with E-state index >= 15 is 0 Å². The van der Waals surface area contributed by atoms with Gasteiger partial charge in [-0.2, -0.15) is 0 Å².